The van der Waals surface area contributed by atoms with Crippen molar-refractivity contribution in [2.45, 2.75) is 0 Å². The van der Waals surface area contributed by atoms with Crippen LogP contribution in [-0.2, 0) is 0 Å². The van der Waals surface area contributed by atoms with Crippen molar-refractivity contribution in [2.24, 2.45) is 0 Å². The Balaban J connectivity index is 1.67. The van der Waals surface area contributed by atoms with E-state index in [-0.39, 0.29) is 11.5 Å². The van der Waals surface area contributed by atoms with Crippen LogP contribution in [0.15, 0.2) is 83.9 Å². The van der Waals surface area contributed by atoms with Crippen molar-refractivity contribution in [1.82, 2.24) is 14.4 Å². The van der Waals surface area contributed by atoms with Crippen molar-refractivity contribution < 1.29 is 4.79 Å². The van der Waals surface area contributed by atoms with E-state index in [1.54, 1.807) is 41.1 Å². The van der Waals surface area contributed by atoms with Gasteiger partial charge in [-0.1, -0.05) is 30.3 Å². The van der Waals surface area contributed by atoms with Crippen molar-refractivity contribution in [3.05, 3.63) is 95.0 Å². The first-order valence-corrected chi connectivity index (χ1v) is 9.52. The van der Waals surface area contributed by atoms with Crippen molar-refractivity contribution in [2.75, 3.05) is 5.32 Å². The van der Waals surface area contributed by atoms with Gasteiger partial charge in [-0.05, 0) is 41.8 Å². The maximum atomic E-state index is 13.4. The molecule has 6 nitrogen and oxygen atoms in total. The van der Waals surface area contributed by atoms with Crippen LogP contribution in [0, 0.1) is 0 Å². The zero-order valence-corrected chi connectivity index (χ0v) is 15.7. The van der Waals surface area contributed by atoms with Crippen molar-refractivity contribution in [3.8, 4) is 0 Å². The molecule has 0 unspecified atom stereocenters. The van der Waals surface area contributed by atoms with Crippen molar-refractivity contribution in [1.29, 1.82) is 0 Å². The SMILES string of the molecule is O=C(Nc1cccnc1)c1ccc2c(=O)n3c4ccccc4nc3c3cccc1c23. The van der Waals surface area contributed by atoms with E-state index in [2.05, 4.69) is 10.3 Å². The molecule has 3 aromatic heterocycles. The summed E-state index contributed by atoms with van der Waals surface area (Å²) in [6, 6.07) is 20.3. The van der Waals surface area contributed by atoms with Crippen LogP contribution in [-0.4, -0.2) is 20.3 Å². The van der Waals surface area contributed by atoms with Gasteiger partial charge in [-0.25, -0.2) is 4.98 Å². The van der Waals surface area contributed by atoms with Crippen LogP contribution in [0.4, 0.5) is 5.69 Å². The lowest BCUT2D eigenvalue weighted by Gasteiger charge is -2.11. The lowest BCUT2D eigenvalue weighted by Crippen LogP contribution is -2.16. The van der Waals surface area contributed by atoms with Gasteiger partial charge in [0, 0.05) is 27.9 Å². The average molecular weight is 390 g/mol. The fraction of sp³-hybridized carbons (Fsp3) is 0. The van der Waals surface area contributed by atoms with Gasteiger partial charge in [0.1, 0.15) is 5.65 Å². The van der Waals surface area contributed by atoms with Crippen LogP contribution in [0.1, 0.15) is 10.4 Å². The lowest BCUT2D eigenvalue weighted by molar-refractivity contribution is 0.102. The number of nitrogens with one attached hydrogen (secondary N) is 1. The van der Waals surface area contributed by atoms with Crippen LogP contribution >= 0.6 is 0 Å². The number of aromatic nitrogens is 3. The Morgan fingerprint density at radius 2 is 1.73 bits per heavy atom. The van der Waals surface area contributed by atoms with Crippen molar-refractivity contribution in [3.63, 3.8) is 0 Å². The number of hydrogen-bond acceptors (Lipinski definition) is 4. The summed E-state index contributed by atoms with van der Waals surface area (Å²) >= 11 is 0. The number of benzene rings is 3. The van der Waals surface area contributed by atoms with Gasteiger partial charge in [0.25, 0.3) is 11.5 Å². The predicted molar refractivity (Wildman–Crippen MR) is 117 cm³/mol. The molecule has 3 aromatic carbocycles. The molecule has 0 radical (unpaired) electrons. The monoisotopic (exact) mass is 390 g/mol. The van der Waals surface area contributed by atoms with Crippen LogP contribution in [0.3, 0.4) is 0 Å². The molecule has 0 aliphatic rings. The molecule has 0 atom stereocenters. The Bertz CT molecular complexity index is 1660. The normalized spacial score (nSPS) is 11.6. The molecule has 0 spiro atoms. The summed E-state index contributed by atoms with van der Waals surface area (Å²) in [5.41, 5.74) is 3.11. The summed E-state index contributed by atoms with van der Waals surface area (Å²) in [5, 5.41) is 5.75. The molecule has 0 bridgehead atoms. The first-order valence-electron chi connectivity index (χ1n) is 9.52. The van der Waals surface area contributed by atoms with E-state index in [1.165, 1.54) is 0 Å². The number of amides is 1. The van der Waals surface area contributed by atoms with Gasteiger partial charge >= 0.3 is 0 Å². The molecule has 0 saturated carbocycles. The van der Waals surface area contributed by atoms with E-state index in [0.29, 0.717) is 22.3 Å². The number of carbonyl (C=O) groups excluding carboxylic acids is 1. The van der Waals surface area contributed by atoms with E-state index in [0.717, 1.165) is 27.2 Å². The summed E-state index contributed by atoms with van der Waals surface area (Å²) in [7, 11) is 0. The van der Waals surface area contributed by atoms with Gasteiger partial charge in [-0.15, -0.1) is 0 Å². The molecule has 1 amide bonds. The zero-order valence-electron chi connectivity index (χ0n) is 15.7. The first kappa shape index (κ1) is 16.6. The minimum Gasteiger partial charge on any atom is -0.321 e. The third-order valence-electron chi connectivity index (χ3n) is 5.44. The molecule has 6 heteroatoms. The number of imidazole rings is 1. The molecule has 6 aromatic rings. The molecule has 0 fully saturated rings. The second-order valence-corrected chi connectivity index (χ2v) is 7.15. The highest BCUT2D eigenvalue weighted by molar-refractivity contribution is 6.22. The largest absolute Gasteiger partial charge is 0.321 e. The minimum absolute atomic E-state index is 0.137. The quantitative estimate of drug-likeness (QED) is 0.480. The zero-order chi connectivity index (χ0) is 20.2. The molecule has 3 heterocycles. The van der Waals surface area contributed by atoms with E-state index in [1.807, 2.05) is 42.5 Å². The molecular formula is C24H14N4O2. The molecule has 6 rings (SSSR count). The Morgan fingerprint density at radius 1 is 0.867 bits per heavy atom. The van der Waals surface area contributed by atoms with Crippen LogP contribution < -0.4 is 10.9 Å². The Hall–Kier alpha value is -4.32. The fourth-order valence-corrected chi connectivity index (χ4v) is 4.14. The average Bonchev–Trinajstić information content (AvgIpc) is 3.18. The molecule has 142 valence electrons. The minimum atomic E-state index is -0.252. The molecule has 0 saturated heterocycles. The van der Waals surface area contributed by atoms with Gasteiger partial charge in [-0.2, -0.15) is 0 Å². The summed E-state index contributed by atoms with van der Waals surface area (Å²) in [6.45, 7) is 0. The summed E-state index contributed by atoms with van der Waals surface area (Å²) < 4.78 is 1.65. The van der Waals surface area contributed by atoms with Crippen LogP contribution in [0.2, 0.25) is 0 Å². The highest BCUT2D eigenvalue weighted by Gasteiger charge is 2.19. The first-order chi connectivity index (χ1) is 14.7. The van der Waals surface area contributed by atoms with Gasteiger partial charge in [0.05, 0.1) is 22.9 Å². The van der Waals surface area contributed by atoms with E-state index < -0.39 is 0 Å². The van der Waals surface area contributed by atoms with Gasteiger partial charge in [0.15, 0.2) is 0 Å². The topological polar surface area (TPSA) is 76.4 Å². The molecule has 0 aliphatic carbocycles. The fourth-order valence-electron chi connectivity index (χ4n) is 4.14. The molecule has 1 N–H and O–H groups in total. The number of para-hydroxylation sites is 2. The number of anilines is 1. The third kappa shape index (κ3) is 2.24. The second-order valence-electron chi connectivity index (χ2n) is 7.15. The highest BCUT2D eigenvalue weighted by atomic mass is 16.1. The van der Waals surface area contributed by atoms with Crippen LogP contribution in [0.5, 0.6) is 0 Å². The number of nitrogens with zero attached hydrogens (tertiary/aromatic N) is 3. The maximum absolute atomic E-state index is 13.4. The smallest absolute Gasteiger partial charge is 0.264 e. The Morgan fingerprint density at radius 3 is 2.60 bits per heavy atom. The standard InChI is InChI=1S/C24H14N4O2/c29-23(26-14-5-4-12-25-13-14)16-10-11-18-21-15(16)6-3-7-17(21)22-27-19-8-1-2-9-20(19)28(22)24(18)30/h1-13H,(H,26,29). The summed E-state index contributed by atoms with van der Waals surface area (Å²) in [4.78, 5) is 35.1. The van der Waals surface area contributed by atoms with E-state index in [4.69, 9.17) is 4.98 Å². The van der Waals surface area contributed by atoms with Crippen molar-refractivity contribution >= 4 is 49.8 Å². The molecular weight excluding hydrogens is 376 g/mol. The Kier molecular flexibility index (Phi) is 3.37. The number of fused-ring (bicyclic) bond motifs is 4. The highest BCUT2D eigenvalue weighted by Crippen LogP contribution is 2.31. The third-order valence-corrected chi connectivity index (χ3v) is 5.44. The van der Waals surface area contributed by atoms with Gasteiger partial charge in [0.2, 0.25) is 0 Å². The van der Waals surface area contributed by atoms with Gasteiger partial charge in [-0.3, -0.25) is 19.0 Å². The maximum Gasteiger partial charge on any atom is 0.264 e. The molecule has 30 heavy (non-hydrogen) atoms. The molecule has 0 aliphatic heterocycles. The number of hydrogen-bond donors (Lipinski definition) is 1. The summed E-state index contributed by atoms with van der Waals surface area (Å²) in [6.07, 6.45) is 3.24. The van der Waals surface area contributed by atoms with Gasteiger partial charge < -0.3 is 5.32 Å². The van der Waals surface area contributed by atoms with E-state index in [9.17, 15) is 9.59 Å². The number of carbonyl (C=O) groups is 1. The lowest BCUT2D eigenvalue weighted by atomic mass is 9.97. The predicted octanol–water partition coefficient (Wildman–Crippen LogP) is 4.24. The number of rotatable bonds is 2. The number of pyridine rings is 2. The second kappa shape index (κ2) is 6.09. The Labute approximate surface area is 169 Å². The summed E-state index contributed by atoms with van der Waals surface area (Å²) in [5.74, 6) is -0.252. The van der Waals surface area contributed by atoms with E-state index >= 15 is 0 Å². The van der Waals surface area contributed by atoms with Crippen LogP contribution in [0.25, 0.3) is 38.2 Å².